The summed E-state index contributed by atoms with van der Waals surface area (Å²) in [6, 6.07) is 14.0. The number of nitrogens with zero attached hydrogens (tertiary/aromatic N) is 2. The lowest BCUT2D eigenvalue weighted by molar-refractivity contribution is 0.810. The maximum absolute atomic E-state index is 5.60. The van der Waals surface area contributed by atoms with Gasteiger partial charge in [-0.2, -0.15) is 0 Å². The average Bonchev–Trinajstić information content (AvgIpc) is 2.46. The number of anilines is 1. The number of aromatic nitrogens is 1. The lowest BCUT2D eigenvalue weighted by Crippen LogP contribution is -2.22. The Morgan fingerprint density at radius 3 is 2.47 bits per heavy atom. The molecule has 2 rings (SSSR count). The van der Waals surface area contributed by atoms with Crippen molar-refractivity contribution in [1.82, 2.24) is 4.98 Å². The van der Waals surface area contributed by atoms with E-state index in [-0.39, 0.29) is 0 Å². The fraction of sp³-hybridized carbons (Fsp3) is 0.200. The number of pyridine rings is 1. The molecule has 1 aromatic carbocycles. The van der Waals surface area contributed by atoms with Crippen molar-refractivity contribution >= 4 is 22.9 Å². The highest BCUT2D eigenvalue weighted by Gasteiger charge is 2.06. The van der Waals surface area contributed by atoms with Gasteiger partial charge in [-0.1, -0.05) is 18.3 Å². The van der Waals surface area contributed by atoms with E-state index in [2.05, 4.69) is 16.8 Å². The van der Waals surface area contributed by atoms with Crippen LogP contribution in [0.1, 0.15) is 18.2 Å². The smallest absolute Gasteiger partial charge is 0.103 e. The molecule has 2 N–H and O–H groups in total. The summed E-state index contributed by atoms with van der Waals surface area (Å²) in [7, 11) is 0. The first-order valence-corrected chi connectivity index (χ1v) is 6.66. The summed E-state index contributed by atoms with van der Waals surface area (Å²) in [5.41, 5.74) is 8.70. The van der Waals surface area contributed by atoms with Crippen molar-refractivity contribution in [3.05, 3.63) is 59.9 Å². The molecule has 0 spiro atoms. The van der Waals surface area contributed by atoms with Gasteiger partial charge in [-0.15, -0.1) is 0 Å². The van der Waals surface area contributed by atoms with E-state index in [9.17, 15) is 0 Å². The van der Waals surface area contributed by atoms with Gasteiger partial charge in [0.05, 0.1) is 12.2 Å². The van der Waals surface area contributed by atoms with Gasteiger partial charge in [0.1, 0.15) is 4.99 Å². The molecule has 0 aliphatic rings. The third kappa shape index (κ3) is 3.51. The van der Waals surface area contributed by atoms with Crippen molar-refractivity contribution < 1.29 is 0 Å². The molecular formula is C15H17N3S. The van der Waals surface area contributed by atoms with Crippen LogP contribution >= 0.6 is 12.2 Å². The minimum atomic E-state index is 0.430. The zero-order valence-electron chi connectivity index (χ0n) is 10.9. The van der Waals surface area contributed by atoms with Gasteiger partial charge in [0.2, 0.25) is 0 Å². The van der Waals surface area contributed by atoms with Gasteiger partial charge in [-0.05, 0) is 43.3 Å². The van der Waals surface area contributed by atoms with Gasteiger partial charge in [0, 0.05) is 24.0 Å². The maximum Gasteiger partial charge on any atom is 0.103 e. The third-order valence-electron chi connectivity index (χ3n) is 2.98. The van der Waals surface area contributed by atoms with Crippen LogP contribution < -0.4 is 10.6 Å². The van der Waals surface area contributed by atoms with E-state index in [0.29, 0.717) is 4.99 Å². The molecule has 19 heavy (non-hydrogen) atoms. The maximum atomic E-state index is 5.60. The van der Waals surface area contributed by atoms with Gasteiger partial charge in [-0.25, -0.2) is 0 Å². The van der Waals surface area contributed by atoms with Crippen LogP contribution in [0.5, 0.6) is 0 Å². The van der Waals surface area contributed by atoms with Crippen molar-refractivity contribution in [2.24, 2.45) is 5.73 Å². The van der Waals surface area contributed by atoms with Gasteiger partial charge in [0.25, 0.3) is 0 Å². The lowest BCUT2D eigenvalue weighted by atomic mass is 10.2. The summed E-state index contributed by atoms with van der Waals surface area (Å²) in [5, 5.41) is 0. The van der Waals surface area contributed by atoms with Crippen LogP contribution in [0, 0.1) is 0 Å². The number of hydrogen-bond acceptors (Lipinski definition) is 3. The molecule has 0 fully saturated rings. The largest absolute Gasteiger partial charge is 0.389 e. The SMILES string of the molecule is CCN(Cc1ccccn1)c1ccc(C(N)=S)cc1. The first kappa shape index (κ1) is 13.5. The van der Waals surface area contributed by atoms with Gasteiger partial charge >= 0.3 is 0 Å². The Hall–Kier alpha value is -1.94. The molecule has 0 radical (unpaired) electrons. The van der Waals surface area contributed by atoms with E-state index in [1.807, 2.05) is 48.7 Å². The van der Waals surface area contributed by atoms with Crippen molar-refractivity contribution in [3.63, 3.8) is 0 Å². The Labute approximate surface area is 119 Å². The highest BCUT2D eigenvalue weighted by molar-refractivity contribution is 7.80. The van der Waals surface area contributed by atoms with Crippen molar-refractivity contribution in [2.75, 3.05) is 11.4 Å². The van der Waals surface area contributed by atoms with Crippen LogP contribution in [-0.4, -0.2) is 16.5 Å². The van der Waals surface area contributed by atoms with Crippen molar-refractivity contribution in [2.45, 2.75) is 13.5 Å². The third-order valence-corrected chi connectivity index (χ3v) is 3.21. The molecule has 2 aromatic rings. The van der Waals surface area contributed by atoms with Crippen molar-refractivity contribution in [3.8, 4) is 0 Å². The second-order valence-corrected chi connectivity index (χ2v) is 4.69. The van der Waals surface area contributed by atoms with Gasteiger partial charge < -0.3 is 10.6 Å². The van der Waals surface area contributed by atoms with Crippen LogP contribution in [0.15, 0.2) is 48.7 Å². The molecule has 0 saturated carbocycles. The Balaban J connectivity index is 2.15. The topological polar surface area (TPSA) is 42.2 Å². The Bertz CT molecular complexity index is 537. The summed E-state index contributed by atoms with van der Waals surface area (Å²) in [6.45, 7) is 3.84. The Morgan fingerprint density at radius 2 is 1.95 bits per heavy atom. The highest BCUT2D eigenvalue weighted by Crippen LogP contribution is 2.17. The Morgan fingerprint density at radius 1 is 1.21 bits per heavy atom. The summed E-state index contributed by atoms with van der Waals surface area (Å²) in [5.74, 6) is 0. The molecule has 0 aliphatic heterocycles. The van der Waals surface area contributed by atoms with E-state index >= 15 is 0 Å². The lowest BCUT2D eigenvalue weighted by Gasteiger charge is -2.22. The van der Waals surface area contributed by atoms with Crippen LogP contribution in [-0.2, 0) is 6.54 Å². The van der Waals surface area contributed by atoms with Crippen LogP contribution in [0.25, 0.3) is 0 Å². The molecule has 0 aliphatic carbocycles. The minimum absolute atomic E-state index is 0.430. The fourth-order valence-corrected chi connectivity index (χ4v) is 2.05. The summed E-state index contributed by atoms with van der Waals surface area (Å²) in [4.78, 5) is 7.04. The number of benzene rings is 1. The van der Waals surface area contributed by atoms with Crippen LogP contribution in [0.2, 0.25) is 0 Å². The normalized spacial score (nSPS) is 10.2. The highest BCUT2D eigenvalue weighted by atomic mass is 32.1. The molecule has 1 aromatic heterocycles. The van der Waals surface area contributed by atoms with E-state index < -0.39 is 0 Å². The molecule has 0 unspecified atom stereocenters. The van der Waals surface area contributed by atoms with Crippen molar-refractivity contribution in [1.29, 1.82) is 0 Å². The minimum Gasteiger partial charge on any atom is -0.389 e. The second-order valence-electron chi connectivity index (χ2n) is 4.25. The molecule has 98 valence electrons. The summed E-state index contributed by atoms with van der Waals surface area (Å²) < 4.78 is 0. The van der Waals surface area contributed by atoms with Crippen LogP contribution in [0.4, 0.5) is 5.69 Å². The number of thiocarbonyl (C=S) groups is 1. The molecule has 0 saturated heterocycles. The molecule has 0 atom stereocenters. The number of hydrogen-bond donors (Lipinski definition) is 1. The molecule has 3 nitrogen and oxygen atoms in total. The zero-order chi connectivity index (χ0) is 13.7. The quantitative estimate of drug-likeness (QED) is 0.849. The van der Waals surface area contributed by atoms with Gasteiger partial charge in [0.15, 0.2) is 0 Å². The van der Waals surface area contributed by atoms with E-state index in [1.54, 1.807) is 0 Å². The summed E-state index contributed by atoms with van der Waals surface area (Å²) in [6.07, 6.45) is 1.82. The number of nitrogens with two attached hydrogens (primary N) is 1. The standard InChI is InChI=1S/C15H17N3S/c1-2-18(11-13-5-3-4-10-17-13)14-8-6-12(7-9-14)15(16)19/h3-10H,2,11H2,1H3,(H2,16,19). The second kappa shape index (κ2) is 6.29. The molecule has 0 amide bonds. The fourth-order valence-electron chi connectivity index (χ4n) is 1.91. The number of rotatable bonds is 5. The predicted octanol–water partition coefficient (Wildman–Crippen LogP) is 2.74. The van der Waals surface area contributed by atoms with E-state index in [0.717, 1.165) is 30.0 Å². The van der Waals surface area contributed by atoms with Gasteiger partial charge in [-0.3, -0.25) is 4.98 Å². The predicted molar refractivity (Wildman–Crippen MR) is 83.3 cm³/mol. The molecule has 1 heterocycles. The van der Waals surface area contributed by atoms with Crippen LogP contribution in [0.3, 0.4) is 0 Å². The monoisotopic (exact) mass is 271 g/mol. The Kier molecular flexibility index (Phi) is 4.47. The first-order chi connectivity index (χ1) is 9.20. The molecule has 0 bridgehead atoms. The summed E-state index contributed by atoms with van der Waals surface area (Å²) >= 11 is 4.96. The molecule has 4 heteroatoms. The molecular weight excluding hydrogens is 254 g/mol. The average molecular weight is 271 g/mol. The first-order valence-electron chi connectivity index (χ1n) is 6.25. The van der Waals surface area contributed by atoms with E-state index in [4.69, 9.17) is 18.0 Å². The van der Waals surface area contributed by atoms with E-state index in [1.165, 1.54) is 0 Å². The zero-order valence-corrected chi connectivity index (χ0v) is 11.7.